The molecule has 0 aliphatic carbocycles. The Bertz CT molecular complexity index is 747. The Labute approximate surface area is 150 Å². The summed E-state index contributed by atoms with van der Waals surface area (Å²) in [6.07, 6.45) is 3.38. The van der Waals surface area contributed by atoms with Gasteiger partial charge in [0.2, 0.25) is 0 Å². The molecule has 0 radical (unpaired) electrons. The van der Waals surface area contributed by atoms with Crippen LogP contribution >= 0.6 is 11.6 Å². The van der Waals surface area contributed by atoms with Crippen molar-refractivity contribution in [2.75, 3.05) is 25.5 Å². The van der Waals surface area contributed by atoms with Crippen molar-refractivity contribution < 1.29 is 14.3 Å². The molecule has 0 aliphatic rings. The Morgan fingerprint density at radius 1 is 1.40 bits per heavy atom. The molecule has 2 rings (SSSR count). The standard InChI is InChI=1S/C16H20ClN5O3/c1-5-21(15(23)11(2)25-16(24)20(3)4)13-10-22(19-14(13)17)12-7-6-8-18-9-12/h6-11H,5H2,1-4H3. The number of anilines is 1. The number of rotatable bonds is 5. The number of ether oxygens (including phenoxy) is 1. The number of likely N-dealkylation sites (N-methyl/N-ethyl adjacent to an activating group) is 1. The van der Waals surface area contributed by atoms with Gasteiger partial charge in [-0.15, -0.1) is 0 Å². The van der Waals surface area contributed by atoms with Gasteiger partial charge in [-0.2, -0.15) is 5.10 Å². The van der Waals surface area contributed by atoms with Crippen LogP contribution < -0.4 is 4.90 Å². The fraction of sp³-hybridized carbons (Fsp3) is 0.375. The van der Waals surface area contributed by atoms with Gasteiger partial charge in [0, 0.05) is 26.8 Å². The van der Waals surface area contributed by atoms with Crippen molar-refractivity contribution in [3.63, 3.8) is 0 Å². The molecule has 0 spiro atoms. The number of amides is 2. The molecular formula is C16H20ClN5O3. The Kier molecular flexibility index (Phi) is 5.97. The van der Waals surface area contributed by atoms with Crippen LogP contribution in [0.1, 0.15) is 13.8 Å². The summed E-state index contributed by atoms with van der Waals surface area (Å²) in [4.78, 5) is 31.0. The lowest BCUT2D eigenvalue weighted by atomic mass is 10.3. The molecule has 0 fully saturated rings. The average molecular weight is 366 g/mol. The maximum atomic E-state index is 12.7. The summed E-state index contributed by atoms with van der Waals surface area (Å²) in [6.45, 7) is 3.67. The normalized spacial score (nSPS) is 11.7. The second-order valence-corrected chi connectivity index (χ2v) is 5.82. The monoisotopic (exact) mass is 365 g/mol. The summed E-state index contributed by atoms with van der Waals surface area (Å²) >= 11 is 6.21. The van der Waals surface area contributed by atoms with Gasteiger partial charge in [-0.05, 0) is 26.0 Å². The van der Waals surface area contributed by atoms with Crippen LogP contribution in [-0.4, -0.2) is 58.4 Å². The van der Waals surface area contributed by atoms with Crippen molar-refractivity contribution >= 4 is 29.3 Å². The molecule has 0 aromatic carbocycles. The van der Waals surface area contributed by atoms with E-state index in [0.29, 0.717) is 17.9 Å². The summed E-state index contributed by atoms with van der Waals surface area (Å²) < 4.78 is 6.66. The SMILES string of the molecule is CCN(C(=O)C(C)OC(=O)N(C)C)c1cn(-c2cccnc2)nc1Cl. The van der Waals surface area contributed by atoms with E-state index in [1.54, 1.807) is 45.7 Å². The summed E-state index contributed by atoms with van der Waals surface area (Å²) in [7, 11) is 3.10. The van der Waals surface area contributed by atoms with Crippen molar-refractivity contribution in [1.82, 2.24) is 19.7 Å². The highest BCUT2D eigenvalue weighted by molar-refractivity contribution is 6.32. The maximum absolute atomic E-state index is 12.7. The summed E-state index contributed by atoms with van der Waals surface area (Å²) in [5.41, 5.74) is 1.15. The predicted octanol–water partition coefficient (Wildman–Crippen LogP) is 2.36. The van der Waals surface area contributed by atoms with E-state index in [0.717, 1.165) is 0 Å². The summed E-state index contributed by atoms with van der Waals surface area (Å²) in [6, 6.07) is 3.59. The van der Waals surface area contributed by atoms with E-state index in [1.165, 1.54) is 21.4 Å². The number of carbonyl (C=O) groups is 2. The molecule has 2 aromatic heterocycles. The molecular weight excluding hydrogens is 346 g/mol. The van der Waals surface area contributed by atoms with E-state index < -0.39 is 12.2 Å². The zero-order valence-corrected chi connectivity index (χ0v) is 15.3. The number of carbonyl (C=O) groups excluding carboxylic acids is 2. The predicted molar refractivity (Wildman–Crippen MR) is 94.0 cm³/mol. The van der Waals surface area contributed by atoms with Crippen LogP contribution in [0.25, 0.3) is 5.69 Å². The molecule has 9 heteroatoms. The molecule has 2 amide bonds. The molecule has 25 heavy (non-hydrogen) atoms. The van der Waals surface area contributed by atoms with E-state index in [1.807, 2.05) is 6.07 Å². The first kappa shape index (κ1) is 18.7. The van der Waals surface area contributed by atoms with Gasteiger partial charge in [-0.3, -0.25) is 9.78 Å². The molecule has 0 bridgehead atoms. The van der Waals surface area contributed by atoms with Crippen LogP contribution in [0.15, 0.2) is 30.7 Å². The smallest absolute Gasteiger partial charge is 0.410 e. The fourth-order valence-electron chi connectivity index (χ4n) is 2.12. The quantitative estimate of drug-likeness (QED) is 0.812. The molecule has 2 heterocycles. The Hall–Kier alpha value is -2.61. The van der Waals surface area contributed by atoms with Gasteiger partial charge in [0.05, 0.1) is 18.1 Å². The van der Waals surface area contributed by atoms with E-state index in [4.69, 9.17) is 16.3 Å². The van der Waals surface area contributed by atoms with Crippen molar-refractivity contribution in [3.05, 3.63) is 35.9 Å². The zero-order chi connectivity index (χ0) is 18.6. The number of aromatic nitrogens is 3. The minimum atomic E-state index is -0.951. The van der Waals surface area contributed by atoms with Gasteiger partial charge >= 0.3 is 6.09 Å². The highest BCUT2D eigenvalue weighted by Crippen LogP contribution is 2.26. The Morgan fingerprint density at radius 2 is 2.12 bits per heavy atom. The van der Waals surface area contributed by atoms with Gasteiger partial charge < -0.3 is 14.5 Å². The van der Waals surface area contributed by atoms with Crippen LogP contribution in [0.2, 0.25) is 5.15 Å². The molecule has 1 atom stereocenters. The van der Waals surface area contributed by atoms with Gasteiger partial charge in [0.25, 0.3) is 5.91 Å². The molecule has 0 saturated carbocycles. The fourth-order valence-corrected chi connectivity index (χ4v) is 2.35. The third-order valence-electron chi connectivity index (χ3n) is 3.43. The van der Waals surface area contributed by atoms with Crippen molar-refractivity contribution in [2.24, 2.45) is 0 Å². The lowest BCUT2D eigenvalue weighted by molar-refractivity contribution is -0.126. The molecule has 1 unspecified atom stereocenters. The Balaban J connectivity index is 2.24. The van der Waals surface area contributed by atoms with Crippen LogP contribution in [0, 0.1) is 0 Å². The van der Waals surface area contributed by atoms with Crippen LogP contribution in [0.4, 0.5) is 10.5 Å². The number of hydrogen-bond donors (Lipinski definition) is 0. The highest BCUT2D eigenvalue weighted by atomic mass is 35.5. The van der Waals surface area contributed by atoms with Gasteiger partial charge in [-0.1, -0.05) is 11.6 Å². The minimum absolute atomic E-state index is 0.171. The molecule has 0 aliphatic heterocycles. The van der Waals surface area contributed by atoms with Gasteiger partial charge in [0.1, 0.15) is 5.69 Å². The Morgan fingerprint density at radius 3 is 2.68 bits per heavy atom. The van der Waals surface area contributed by atoms with Crippen LogP contribution in [0.3, 0.4) is 0 Å². The third-order valence-corrected chi connectivity index (χ3v) is 3.69. The summed E-state index contributed by atoms with van der Waals surface area (Å²) in [5.74, 6) is -0.384. The first-order chi connectivity index (χ1) is 11.8. The average Bonchev–Trinajstić information content (AvgIpc) is 2.97. The molecule has 2 aromatic rings. The number of nitrogens with zero attached hydrogens (tertiary/aromatic N) is 5. The van der Waals surface area contributed by atoms with Crippen molar-refractivity contribution in [3.8, 4) is 5.69 Å². The maximum Gasteiger partial charge on any atom is 0.410 e. The van der Waals surface area contributed by atoms with Crippen LogP contribution in [0.5, 0.6) is 0 Å². The van der Waals surface area contributed by atoms with Gasteiger partial charge in [0.15, 0.2) is 11.3 Å². The number of halogens is 1. The topological polar surface area (TPSA) is 80.6 Å². The molecule has 134 valence electrons. The second-order valence-electron chi connectivity index (χ2n) is 5.46. The first-order valence-electron chi connectivity index (χ1n) is 7.70. The van der Waals surface area contributed by atoms with Gasteiger partial charge in [-0.25, -0.2) is 9.48 Å². The molecule has 0 saturated heterocycles. The first-order valence-corrected chi connectivity index (χ1v) is 8.07. The van der Waals surface area contributed by atoms with E-state index in [-0.39, 0.29) is 11.1 Å². The van der Waals surface area contributed by atoms with E-state index in [9.17, 15) is 9.59 Å². The summed E-state index contributed by atoms with van der Waals surface area (Å²) in [5, 5.41) is 4.38. The van der Waals surface area contributed by atoms with Crippen LogP contribution in [-0.2, 0) is 9.53 Å². The lowest BCUT2D eigenvalue weighted by Crippen LogP contribution is -2.41. The highest BCUT2D eigenvalue weighted by Gasteiger charge is 2.27. The largest absolute Gasteiger partial charge is 0.436 e. The van der Waals surface area contributed by atoms with Crippen molar-refractivity contribution in [1.29, 1.82) is 0 Å². The zero-order valence-electron chi connectivity index (χ0n) is 14.5. The molecule has 8 nitrogen and oxygen atoms in total. The second kappa shape index (κ2) is 7.98. The molecule has 0 N–H and O–H groups in total. The lowest BCUT2D eigenvalue weighted by Gasteiger charge is -2.24. The number of hydrogen-bond acceptors (Lipinski definition) is 5. The van der Waals surface area contributed by atoms with Crippen molar-refractivity contribution in [2.45, 2.75) is 20.0 Å². The van der Waals surface area contributed by atoms with E-state index >= 15 is 0 Å². The minimum Gasteiger partial charge on any atom is -0.436 e. The number of pyridine rings is 1. The third kappa shape index (κ3) is 4.27. The van der Waals surface area contributed by atoms with E-state index in [2.05, 4.69) is 10.1 Å².